The Morgan fingerprint density at radius 1 is 1.25 bits per heavy atom. The van der Waals surface area contributed by atoms with Crippen LogP contribution in [0.4, 0.5) is 0 Å². The van der Waals surface area contributed by atoms with Crippen molar-refractivity contribution < 1.29 is 0 Å². The van der Waals surface area contributed by atoms with E-state index in [2.05, 4.69) is 43.1 Å². The third-order valence-corrected chi connectivity index (χ3v) is 1.72. The van der Waals surface area contributed by atoms with E-state index in [0.29, 0.717) is 5.92 Å². The fourth-order valence-electron chi connectivity index (χ4n) is 1.05. The predicted octanol–water partition coefficient (Wildman–Crippen LogP) is 2.99. The van der Waals surface area contributed by atoms with Gasteiger partial charge in [-0.15, -0.1) is 0 Å². The third kappa shape index (κ3) is 3.51. The summed E-state index contributed by atoms with van der Waals surface area (Å²) in [6, 6.07) is 0. The Morgan fingerprint density at radius 2 is 1.83 bits per heavy atom. The van der Waals surface area contributed by atoms with Gasteiger partial charge in [-0.2, -0.15) is 0 Å². The normalized spacial score (nSPS) is 16.8. The Labute approximate surface area is 74.9 Å². The number of allylic oxidation sites excluding steroid dienone is 4. The molecule has 1 aliphatic carbocycles. The molecule has 0 aromatic rings. The van der Waals surface area contributed by atoms with Crippen LogP contribution in [0.1, 0.15) is 26.7 Å². The Morgan fingerprint density at radius 3 is 2.33 bits per heavy atom. The number of nitrogens with zero attached hydrogens (tertiary/aromatic N) is 1. The lowest BCUT2D eigenvalue weighted by molar-refractivity contribution is 0.666. The second kappa shape index (κ2) is 4.91. The summed E-state index contributed by atoms with van der Waals surface area (Å²) in [6.45, 7) is 5.31. The van der Waals surface area contributed by atoms with Crippen molar-refractivity contribution in [3.05, 3.63) is 24.3 Å². The van der Waals surface area contributed by atoms with Gasteiger partial charge in [0.15, 0.2) is 0 Å². The molecule has 1 nitrogen and oxygen atoms in total. The molecule has 1 rings (SSSR count). The van der Waals surface area contributed by atoms with E-state index in [0.717, 1.165) is 25.1 Å². The molecule has 1 heteroatoms. The summed E-state index contributed by atoms with van der Waals surface area (Å²) in [5, 5.41) is 0. The third-order valence-electron chi connectivity index (χ3n) is 1.72. The molecular formula is C11H17N. The first kappa shape index (κ1) is 9.24. The van der Waals surface area contributed by atoms with Gasteiger partial charge in [0.2, 0.25) is 0 Å². The van der Waals surface area contributed by atoms with Crippen LogP contribution in [0.25, 0.3) is 0 Å². The first-order chi connectivity index (χ1) is 5.79. The van der Waals surface area contributed by atoms with E-state index in [1.165, 1.54) is 0 Å². The molecule has 0 bridgehead atoms. The van der Waals surface area contributed by atoms with Gasteiger partial charge < -0.3 is 0 Å². The summed E-state index contributed by atoms with van der Waals surface area (Å²) < 4.78 is 0. The van der Waals surface area contributed by atoms with Crippen LogP contribution in [0.3, 0.4) is 0 Å². The highest BCUT2D eigenvalue weighted by molar-refractivity contribution is 6.04. The summed E-state index contributed by atoms with van der Waals surface area (Å²) in [4.78, 5) is 4.49. The number of aliphatic imine (C=N–C) groups is 1. The van der Waals surface area contributed by atoms with Crippen LogP contribution in [-0.2, 0) is 0 Å². The predicted molar refractivity (Wildman–Crippen MR) is 54.7 cm³/mol. The molecule has 0 aromatic carbocycles. The number of hydrogen-bond donors (Lipinski definition) is 0. The standard InChI is InChI=1S/C11H17N/c1-10(2)9-12-11-7-5-3-4-6-8-11/h5-8,10H,3-4,9H2,1-2H3. The van der Waals surface area contributed by atoms with Crippen LogP contribution < -0.4 is 0 Å². The first-order valence-electron chi connectivity index (χ1n) is 4.66. The highest BCUT2D eigenvalue weighted by Crippen LogP contribution is 2.02. The van der Waals surface area contributed by atoms with Crippen molar-refractivity contribution in [2.45, 2.75) is 26.7 Å². The quantitative estimate of drug-likeness (QED) is 0.593. The molecule has 0 saturated carbocycles. The van der Waals surface area contributed by atoms with E-state index in [4.69, 9.17) is 0 Å². The van der Waals surface area contributed by atoms with Crippen LogP contribution >= 0.6 is 0 Å². The van der Waals surface area contributed by atoms with Crippen LogP contribution in [0, 0.1) is 5.92 Å². The highest BCUT2D eigenvalue weighted by atomic mass is 14.7. The lowest BCUT2D eigenvalue weighted by atomic mass is 10.2. The maximum atomic E-state index is 4.49. The molecule has 0 atom stereocenters. The molecule has 0 radical (unpaired) electrons. The van der Waals surface area contributed by atoms with Crippen molar-refractivity contribution in [1.29, 1.82) is 0 Å². The molecule has 0 spiro atoms. The molecule has 66 valence electrons. The van der Waals surface area contributed by atoms with Gasteiger partial charge in [-0.3, -0.25) is 4.99 Å². The highest BCUT2D eigenvalue weighted by Gasteiger charge is 1.94. The summed E-state index contributed by atoms with van der Waals surface area (Å²) in [5.41, 5.74) is 1.13. The Hall–Kier alpha value is -0.850. The molecule has 0 saturated heterocycles. The number of hydrogen-bond acceptors (Lipinski definition) is 1. The van der Waals surface area contributed by atoms with Crippen molar-refractivity contribution >= 4 is 5.71 Å². The zero-order valence-corrected chi connectivity index (χ0v) is 7.96. The van der Waals surface area contributed by atoms with E-state index in [9.17, 15) is 0 Å². The molecule has 0 unspecified atom stereocenters. The average Bonchev–Trinajstić information content (AvgIpc) is 2.28. The topological polar surface area (TPSA) is 12.4 Å². The summed E-state index contributed by atoms with van der Waals surface area (Å²) in [7, 11) is 0. The van der Waals surface area contributed by atoms with Crippen molar-refractivity contribution in [3.8, 4) is 0 Å². The van der Waals surface area contributed by atoms with Gasteiger partial charge in [0.05, 0.1) is 5.71 Å². The second-order valence-corrected chi connectivity index (χ2v) is 3.54. The molecule has 1 aliphatic rings. The Bertz CT molecular complexity index is 193. The maximum absolute atomic E-state index is 4.49. The second-order valence-electron chi connectivity index (χ2n) is 3.54. The Kier molecular flexibility index (Phi) is 3.78. The largest absolute Gasteiger partial charge is 0.285 e. The molecule has 0 aromatic heterocycles. The van der Waals surface area contributed by atoms with E-state index in [1.54, 1.807) is 0 Å². The van der Waals surface area contributed by atoms with Gasteiger partial charge >= 0.3 is 0 Å². The zero-order valence-electron chi connectivity index (χ0n) is 7.96. The van der Waals surface area contributed by atoms with Gasteiger partial charge in [0.1, 0.15) is 0 Å². The van der Waals surface area contributed by atoms with E-state index in [1.807, 2.05) is 0 Å². The Balaban J connectivity index is 2.53. The molecule has 0 aliphatic heterocycles. The van der Waals surface area contributed by atoms with E-state index < -0.39 is 0 Å². The molecule has 12 heavy (non-hydrogen) atoms. The fourth-order valence-corrected chi connectivity index (χ4v) is 1.05. The van der Waals surface area contributed by atoms with Crippen molar-refractivity contribution in [2.75, 3.05) is 6.54 Å². The van der Waals surface area contributed by atoms with E-state index >= 15 is 0 Å². The minimum Gasteiger partial charge on any atom is -0.285 e. The molecule has 0 amide bonds. The van der Waals surface area contributed by atoms with Gasteiger partial charge in [0.25, 0.3) is 0 Å². The molecule has 0 N–H and O–H groups in total. The smallest absolute Gasteiger partial charge is 0.0568 e. The van der Waals surface area contributed by atoms with Crippen LogP contribution in [-0.4, -0.2) is 12.3 Å². The summed E-state index contributed by atoms with van der Waals surface area (Å²) in [6.07, 6.45) is 10.9. The van der Waals surface area contributed by atoms with Gasteiger partial charge in [-0.25, -0.2) is 0 Å². The molecular weight excluding hydrogens is 146 g/mol. The first-order valence-corrected chi connectivity index (χ1v) is 4.66. The minimum absolute atomic E-state index is 0.655. The van der Waals surface area contributed by atoms with Gasteiger partial charge in [0, 0.05) is 6.54 Å². The fraction of sp³-hybridized carbons (Fsp3) is 0.545. The van der Waals surface area contributed by atoms with Gasteiger partial charge in [-0.1, -0.05) is 26.0 Å². The summed E-state index contributed by atoms with van der Waals surface area (Å²) in [5.74, 6) is 0.655. The van der Waals surface area contributed by atoms with Crippen LogP contribution in [0.5, 0.6) is 0 Å². The molecule has 0 heterocycles. The van der Waals surface area contributed by atoms with Crippen LogP contribution in [0.2, 0.25) is 0 Å². The molecule has 0 fully saturated rings. The van der Waals surface area contributed by atoms with Crippen LogP contribution in [0.15, 0.2) is 29.3 Å². The average molecular weight is 163 g/mol. The number of rotatable bonds is 2. The van der Waals surface area contributed by atoms with Crippen molar-refractivity contribution in [1.82, 2.24) is 0 Å². The lowest BCUT2D eigenvalue weighted by Crippen LogP contribution is -1.96. The minimum atomic E-state index is 0.655. The van der Waals surface area contributed by atoms with E-state index in [-0.39, 0.29) is 0 Å². The van der Waals surface area contributed by atoms with Crippen molar-refractivity contribution in [3.63, 3.8) is 0 Å². The van der Waals surface area contributed by atoms with Gasteiger partial charge in [-0.05, 0) is 30.9 Å². The zero-order chi connectivity index (χ0) is 8.81. The SMILES string of the molecule is CC(C)CN=C1C=CCCC=C1. The summed E-state index contributed by atoms with van der Waals surface area (Å²) >= 11 is 0. The lowest BCUT2D eigenvalue weighted by Gasteiger charge is -1.98. The monoisotopic (exact) mass is 163 g/mol. The maximum Gasteiger partial charge on any atom is 0.0568 e. The van der Waals surface area contributed by atoms with Crippen molar-refractivity contribution in [2.24, 2.45) is 10.9 Å².